The van der Waals surface area contributed by atoms with Crippen LogP contribution >= 0.6 is 11.6 Å². The first kappa shape index (κ1) is 16.1. The van der Waals surface area contributed by atoms with Crippen LogP contribution in [0.5, 0.6) is 0 Å². The molecule has 4 atom stereocenters. The van der Waals surface area contributed by atoms with Gasteiger partial charge in [-0.15, -0.1) is 11.6 Å². The van der Waals surface area contributed by atoms with E-state index in [1.807, 2.05) is 0 Å². The lowest BCUT2D eigenvalue weighted by Crippen LogP contribution is -2.70. The predicted octanol–water partition coefficient (Wildman–Crippen LogP) is 1.83. The van der Waals surface area contributed by atoms with Crippen molar-refractivity contribution in [3.8, 4) is 0 Å². The molecule has 0 aromatic carbocycles. The van der Waals surface area contributed by atoms with Gasteiger partial charge in [0.25, 0.3) is 0 Å². The summed E-state index contributed by atoms with van der Waals surface area (Å²) in [6.07, 6.45) is -12.3. The number of hydrogen-bond acceptors (Lipinski definition) is 3. The van der Waals surface area contributed by atoms with Gasteiger partial charge in [-0.25, -0.2) is 0 Å². The van der Waals surface area contributed by atoms with Crippen LogP contribution in [0.15, 0.2) is 0 Å². The van der Waals surface area contributed by atoms with Crippen LogP contribution < -0.4 is 5.32 Å². The molecule has 2 N–H and O–H groups in total. The standard InChI is InChI=1S/C10H12ClF6NO2/c11-6-4-3-5(20-2-1-19)7(6)18-8(4,9(12,13)14)10(15,16)17/h4-7,18-19H,1-3H2/t4-,5-,6?,7+/m1/s1. The Bertz CT molecular complexity index is 360. The van der Waals surface area contributed by atoms with Crippen molar-refractivity contribution in [1.29, 1.82) is 0 Å². The lowest BCUT2D eigenvalue weighted by Gasteiger charge is -2.42. The third-order valence-corrected chi connectivity index (χ3v) is 4.46. The molecule has 2 rings (SSSR count). The molecule has 1 unspecified atom stereocenters. The Morgan fingerprint density at radius 1 is 1.20 bits per heavy atom. The van der Waals surface area contributed by atoms with Gasteiger partial charge in [-0.3, -0.25) is 5.32 Å². The number of halogens is 7. The van der Waals surface area contributed by atoms with E-state index in [-0.39, 0.29) is 13.2 Å². The number of alkyl halides is 7. The van der Waals surface area contributed by atoms with Crippen LogP contribution in [-0.4, -0.2) is 53.7 Å². The van der Waals surface area contributed by atoms with Gasteiger partial charge in [0.2, 0.25) is 5.54 Å². The molecule has 1 aliphatic heterocycles. The maximum atomic E-state index is 13.0. The highest BCUT2D eigenvalue weighted by Crippen LogP contribution is 2.58. The summed E-state index contributed by atoms with van der Waals surface area (Å²) in [6, 6.07) is -1.25. The Labute approximate surface area is 115 Å². The zero-order chi connectivity index (χ0) is 15.3. The van der Waals surface area contributed by atoms with Gasteiger partial charge < -0.3 is 9.84 Å². The topological polar surface area (TPSA) is 41.5 Å². The molecule has 2 fully saturated rings. The van der Waals surface area contributed by atoms with Crippen LogP contribution in [0.4, 0.5) is 26.3 Å². The SMILES string of the molecule is OCCO[C@@H]1C[C@@H]2C(Cl)[C@H]1NC2(C(F)(F)F)C(F)(F)F. The van der Waals surface area contributed by atoms with E-state index < -0.39 is 47.8 Å². The molecule has 0 spiro atoms. The van der Waals surface area contributed by atoms with Crippen molar-refractivity contribution >= 4 is 11.6 Å². The summed E-state index contributed by atoms with van der Waals surface area (Å²) in [4.78, 5) is 0. The summed E-state index contributed by atoms with van der Waals surface area (Å²) in [7, 11) is 0. The Hall–Kier alpha value is -0.250. The van der Waals surface area contributed by atoms with Crippen LogP contribution in [0.25, 0.3) is 0 Å². The third kappa shape index (κ3) is 2.10. The molecule has 0 amide bonds. The zero-order valence-corrected chi connectivity index (χ0v) is 10.7. The molecule has 10 heteroatoms. The highest BCUT2D eigenvalue weighted by Gasteiger charge is 2.81. The van der Waals surface area contributed by atoms with Gasteiger partial charge in [0.1, 0.15) is 0 Å². The van der Waals surface area contributed by atoms with Crippen LogP contribution in [0.1, 0.15) is 6.42 Å². The number of aliphatic hydroxyl groups is 1. The molecule has 1 aliphatic carbocycles. The van der Waals surface area contributed by atoms with E-state index >= 15 is 0 Å². The molecule has 1 saturated heterocycles. The van der Waals surface area contributed by atoms with E-state index in [4.69, 9.17) is 21.4 Å². The number of hydrogen-bond donors (Lipinski definition) is 2. The molecule has 1 saturated carbocycles. The third-order valence-electron chi connectivity index (χ3n) is 3.88. The number of piperidine rings is 1. The fraction of sp³-hybridized carbons (Fsp3) is 1.00. The number of aliphatic hydroxyl groups excluding tert-OH is 1. The quantitative estimate of drug-likeness (QED) is 0.614. The number of ether oxygens (including phenoxy) is 1. The van der Waals surface area contributed by atoms with Gasteiger partial charge in [-0.2, -0.15) is 26.3 Å². The number of fused-ring (bicyclic) bond motifs is 2. The first-order valence-corrected chi connectivity index (χ1v) is 6.27. The minimum absolute atomic E-state index is 0.162. The van der Waals surface area contributed by atoms with Crippen molar-refractivity contribution in [3.05, 3.63) is 0 Å². The van der Waals surface area contributed by atoms with Crippen molar-refractivity contribution < 1.29 is 36.2 Å². The number of nitrogens with one attached hydrogen (secondary N) is 1. The molecule has 0 aromatic heterocycles. The van der Waals surface area contributed by atoms with Gasteiger partial charge in [0.05, 0.1) is 30.7 Å². The summed E-state index contributed by atoms with van der Waals surface area (Å²) in [5.74, 6) is -1.85. The van der Waals surface area contributed by atoms with Crippen molar-refractivity contribution in [3.63, 3.8) is 0 Å². The van der Waals surface area contributed by atoms with Crippen LogP contribution in [-0.2, 0) is 4.74 Å². The summed E-state index contributed by atoms with van der Waals surface area (Å²) < 4.78 is 83.0. The van der Waals surface area contributed by atoms with Crippen LogP contribution in [0.2, 0.25) is 0 Å². The number of rotatable bonds is 3. The zero-order valence-electron chi connectivity index (χ0n) is 9.93. The minimum Gasteiger partial charge on any atom is -0.394 e. The molecule has 118 valence electrons. The Morgan fingerprint density at radius 2 is 1.75 bits per heavy atom. The van der Waals surface area contributed by atoms with Crippen molar-refractivity contribution in [2.24, 2.45) is 5.92 Å². The van der Waals surface area contributed by atoms with E-state index in [9.17, 15) is 26.3 Å². The van der Waals surface area contributed by atoms with Crippen LogP contribution in [0, 0.1) is 5.92 Å². The molecular formula is C10H12ClF6NO2. The lowest BCUT2D eigenvalue weighted by molar-refractivity contribution is -0.321. The van der Waals surface area contributed by atoms with Crippen molar-refractivity contribution in [2.45, 2.75) is 41.8 Å². The summed E-state index contributed by atoms with van der Waals surface area (Å²) in [5.41, 5.74) is -3.99. The first-order valence-electron chi connectivity index (χ1n) is 5.84. The van der Waals surface area contributed by atoms with Gasteiger partial charge in [-0.05, 0) is 6.42 Å². The van der Waals surface area contributed by atoms with Crippen molar-refractivity contribution in [1.82, 2.24) is 5.32 Å². The molecule has 0 aromatic rings. The molecule has 3 nitrogen and oxygen atoms in total. The monoisotopic (exact) mass is 327 g/mol. The Morgan fingerprint density at radius 3 is 2.10 bits per heavy atom. The van der Waals surface area contributed by atoms with Gasteiger partial charge in [-0.1, -0.05) is 0 Å². The fourth-order valence-electron chi connectivity index (χ4n) is 3.06. The Balaban J connectivity index is 2.29. The highest BCUT2D eigenvalue weighted by molar-refractivity contribution is 6.22. The maximum absolute atomic E-state index is 13.0. The normalized spacial score (nSPS) is 36.6. The van der Waals surface area contributed by atoms with E-state index in [2.05, 4.69) is 0 Å². The largest absolute Gasteiger partial charge is 0.415 e. The second-order valence-corrected chi connectivity index (χ2v) is 5.40. The lowest BCUT2D eigenvalue weighted by atomic mass is 9.82. The molecule has 2 bridgehead atoms. The highest BCUT2D eigenvalue weighted by atomic mass is 35.5. The molecule has 0 radical (unpaired) electrons. The average molecular weight is 328 g/mol. The molecule has 1 heterocycles. The van der Waals surface area contributed by atoms with Gasteiger partial charge in [0.15, 0.2) is 0 Å². The minimum atomic E-state index is -5.50. The second kappa shape index (κ2) is 4.89. The average Bonchev–Trinajstić information content (AvgIpc) is 2.75. The predicted molar refractivity (Wildman–Crippen MR) is 56.3 cm³/mol. The fourth-order valence-corrected chi connectivity index (χ4v) is 3.58. The Kier molecular flexibility index (Phi) is 3.94. The molecule has 20 heavy (non-hydrogen) atoms. The van der Waals surface area contributed by atoms with Gasteiger partial charge in [0, 0.05) is 5.92 Å². The van der Waals surface area contributed by atoms with Crippen molar-refractivity contribution in [2.75, 3.05) is 13.2 Å². The second-order valence-electron chi connectivity index (χ2n) is 4.89. The summed E-state index contributed by atoms with van der Waals surface area (Å²) in [6.45, 7) is -0.533. The summed E-state index contributed by atoms with van der Waals surface area (Å²) in [5, 5.41) is 8.86. The maximum Gasteiger partial charge on any atom is 0.415 e. The molecule has 2 aliphatic rings. The molecular weight excluding hydrogens is 316 g/mol. The van der Waals surface area contributed by atoms with Crippen LogP contribution in [0.3, 0.4) is 0 Å². The van der Waals surface area contributed by atoms with E-state index in [1.165, 1.54) is 0 Å². The smallest absolute Gasteiger partial charge is 0.394 e. The summed E-state index contributed by atoms with van der Waals surface area (Å²) >= 11 is 5.74. The van der Waals surface area contributed by atoms with E-state index in [0.29, 0.717) is 0 Å². The van der Waals surface area contributed by atoms with E-state index in [1.54, 1.807) is 5.32 Å². The first-order chi connectivity index (χ1) is 9.06. The van der Waals surface area contributed by atoms with E-state index in [0.717, 1.165) is 0 Å². The van der Waals surface area contributed by atoms with Gasteiger partial charge >= 0.3 is 12.4 Å².